The predicted octanol–water partition coefficient (Wildman–Crippen LogP) is 6.70. The van der Waals surface area contributed by atoms with Crippen molar-refractivity contribution in [2.24, 2.45) is 0 Å². The zero-order valence-electron chi connectivity index (χ0n) is 26.0. The highest BCUT2D eigenvalue weighted by atomic mass is 16.6. The fourth-order valence-electron chi connectivity index (χ4n) is 5.23. The van der Waals surface area contributed by atoms with Crippen LogP contribution >= 0.6 is 0 Å². The molecule has 1 aromatic heterocycles. The van der Waals surface area contributed by atoms with E-state index >= 15 is 0 Å². The number of ether oxygens (including phenoxy) is 2. The van der Waals surface area contributed by atoms with Gasteiger partial charge >= 0.3 is 12.2 Å². The first-order valence-corrected chi connectivity index (χ1v) is 15.0. The molecule has 1 N–H and O–H groups in total. The summed E-state index contributed by atoms with van der Waals surface area (Å²) in [5, 5.41) is 5.13. The summed E-state index contributed by atoms with van der Waals surface area (Å²) in [6, 6.07) is 18.7. The van der Waals surface area contributed by atoms with Gasteiger partial charge in [-0.1, -0.05) is 48.5 Å². The summed E-state index contributed by atoms with van der Waals surface area (Å²) < 4.78 is 11.2. The Morgan fingerprint density at radius 2 is 1.60 bits per heavy atom. The van der Waals surface area contributed by atoms with Gasteiger partial charge in [0.15, 0.2) is 0 Å². The SMILES string of the molecule is CC(C)(C)OC(=O)NCCCCN(Cc1cc2ccccc2cn1)CC1Cc2ccccc2CN1C(=O)OC(C)(C)C. The van der Waals surface area contributed by atoms with E-state index < -0.39 is 17.3 Å². The van der Waals surface area contributed by atoms with Crippen molar-refractivity contribution < 1.29 is 19.1 Å². The number of nitrogens with zero attached hydrogens (tertiary/aromatic N) is 3. The van der Waals surface area contributed by atoms with Gasteiger partial charge in [-0.2, -0.15) is 0 Å². The van der Waals surface area contributed by atoms with Crippen molar-refractivity contribution in [2.75, 3.05) is 19.6 Å². The van der Waals surface area contributed by atoms with Crippen LogP contribution in [-0.4, -0.2) is 63.8 Å². The molecule has 0 saturated carbocycles. The third-order valence-electron chi connectivity index (χ3n) is 7.09. The van der Waals surface area contributed by atoms with Crippen LogP contribution in [-0.2, 0) is 29.0 Å². The summed E-state index contributed by atoms with van der Waals surface area (Å²) in [6.45, 7) is 14.5. The number of hydrogen-bond donors (Lipinski definition) is 1. The van der Waals surface area contributed by atoms with Gasteiger partial charge in [-0.25, -0.2) is 9.59 Å². The van der Waals surface area contributed by atoms with Crippen LogP contribution in [0.4, 0.5) is 9.59 Å². The lowest BCUT2D eigenvalue weighted by atomic mass is 9.94. The normalized spacial score (nSPS) is 15.4. The van der Waals surface area contributed by atoms with E-state index in [4.69, 9.17) is 14.5 Å². The second-order valence-corrected chi connectivity index (χ2v) is 13.1. The lowest BCUT2D eigenvalue weighted by Crippen LogP contribution is -2.51. The van der Waals surface area contributed by atoms with Crippen LogP contribution in [0.1, 0.15) is 71.2 Å². The quantitative estimate of drug-likeness (QED) is 0.286. The van der Waals surface area contributed by atoms with Crippen molar-refractivity contribution in [1.82, 2.24) is 20.1 Å². The Morgan fingerprint density at radius 3 is 2.31 bits per heavy atom. The van der Waals surface area contributed by atoms with E-state index in [0.29, 0.717) is 26.2 Å². The van der Waals surface area contributed by atoms with E-state index in [1.807, 2.05) is 70.8 Å². The summed E-state index contributed by atoms with van der Waals surface area (Å²) in [5.74, 6) is 0. The highest BCUT2D eigenvalue weighted by Gasteiger charge is 2.34. The molecular weight excluding hydrogens is 528 g/mol. The average Bonchev–Trinajstić information content (AvgIpc) is 2.90. The molecular formula is C34H46N4O4. The molecule has 1 unspecified atom stereocenters. The van der Waals surface area contributed by atoms with Crippen molar-refractivity contribution in [1.29, 1.82) is 0 Å². The number of rotatable bonds is 9. The fraction of sp³-hybridized carbons (Fsp3) is 0.500. The summed E-state index contributed by atoms with van der Waals surface area (Å²) in [7, 11) is 0. The number of carbonyl (C=O) groups excluding carboxylic acids is 2. The summed E-state index contributed by atoms with van der Waals surface area (Å²) in [4.78, 5) is 34.5. The van der Waals surface area contributed by atoms with Crippen molar-refractivity contribution in [3.8, 4) is 0 Å². The van der Waals surface area contributed by atoms with E-state index in [0.717, 1.165) is 47.8 Å². The molecule has 1 aliphatic rings. The molecule has 0 saturated heterocycles. The van der Waals surface area contributed by atoms with Crippen LogP contribution in [0.3, 0.4) is 0 Å². The first kappa shape index (κ1) is 31.3. The molecule has 3 aromatic rings. The van der Waals surface area contributed by atoms with Gasteiger partial charge in [-0.05, 0) is 89.9 Å². The number of fused-ring (bicyclic) bond motifs is 2. The second-order valence-electron chi connectivity index (χ2n) is 13.1. The fourth-order valence-corrected chi connectivity index (χ4v) is 5.23. The summed E-state index contributed by atoms with van der Waals surface area (Å²) in [6.07, 6.45) is 3.69. The molecule has 4 rings (SSSR count). The van der Waals surface area contributed by atoms with Crippen molar-refractivity contribution in [3.05, 3.63) is 77.6 Å². The van der Waals surface area contributed by atoms with Crippen molar-refractivity contribution in [2.45, 2.75) is 91.1 Å². The molecule has 2 heterocycles. The highest BCUT2D eigenvalue weighted by molar-refractivity contribution is 5.81. The lowest BCUT2D eigenvalue weighted by molar-refractivity contribution is 0.00708. The molecule has 8 nitrogen and oxygen atoms in total. The number of benzene rings is 2. The third-order valence-corrected chi connectivity index (χ3v) is 7.09. The predicted molar refractivity (Wildman–Crippen MR) is 166 cm³/mol. The second kappa shape index (κ2) is 13.6. The van der Waals surface area contributed by atoms with Crippen molar-refractivity contribution in [3.63, 3.8) is 0 Å². The zero-order chi connectivity index (χ0) is 30.3. The molecule has 8 heteroatoms. The van der Waals surface area contributed by atoms with Crippen LogP contribution in [0.2, 0.25) is 0 Å². The van der Waals surface area contributed by atoms with Gasteiger partial charge in [0, 0.05) is 37.8 Å². The van der Waals surface area contributed by atoms with Gasteiger partial charge in [0.1, 0.15) is 11.2 Å². The third kappa shape index (κ3) is 9.44. The molecule has 1 atom stereocenters. The molecule has 2 aromatic carbocycles. The Bertz CT molecular complexity index is 1360. The smallest absolute Gasteiger partial charge is 0.410 e. The van der Waals surface area contributed by atoms with Gasteiger partial charge in [0.25, 0.3) is 0 Å². The van der Waals surface area contributed by atoms with Crippen molar-refractivity contribution >= 4 is 23.0 Å². The van der Waals surface area contributed by atoms with Crippen LogP contribution in [0.5, 0.6) is 0 Å². The number of unbranched alkanes of at least 4 members (excludes halogenated alkanes) is 1. The van der Waals surface area contributed by atoms with Crippen LogP contribution < -0.4 is 5.32 Å². The maximum absolute atomic E-state index is 13.4. The van der Waals surface area contributed by atoms with Crippen LogP contribution in [0, 0.1) is 0 Å². The Balaban J connectivity index is 1.49. The number of nitrogens with one attached hydrogen (secondary N) is 1. The largest absolute Gasteiger partial charge is 0.444 e. The lowest BCUT2D eigenvalue weighted by Gasteiger charge is -2.40. The molecule has 42 heavy (non-hydrogen) atoms. The molecule has 226 valence electrons. The van der Waals surface area contributed by atoms with Gasteiger partial charge in [-0.15, -0.1) is 0 Å². The number of carbonyl (C=O) groups is 2. The first-order valence-electron chi connectivity index (χ1n) is 15.0. The minimum Gasteiger partial charge on any atom is -0.444 e. The maximum atomic E-state index is 13.4. The topological polar surface area (TPSA) is 84.0 Å². The molecule has 2 amide bonds. The summed E-state index contributed by atoms with van der Waals surface area (Å²) >= 11 is 0. The zero-order valence-corrected chi connectivity index (χ0v) is 26.0. The average molecular weight is 575 g/mol. The Hall–Kier alpha value is -3.65. The number of amides is 2. The molecule has 0 bridgehead atoms. The number of hydrogen-bond acceptors (Lipinski definition) is 6. The van der Waals surface area contributed by atoms with Gasteiger partial charge in [0.05, 0.1) is 11.7 Å². The van der Waals surface area contributed by atoms with E-state index in [-0.39, 0.29) is 12.1 Å². The van der Waals surface area contributed by atoms with Gasteiger partial charge in [-0.3, -0.25) is 14.8 Å². The summed E-state index contributed by atoms with van der Waals surface area (Å²) in [5.41, 5.74) is 2.32. The first-order chi connectivity index (χ1) is 19.9. The number of aromatic nitrogens is 1. The maximum Gasteiger partial charge on any atom is 0.410 e. The minimum atomic E-state index is -0.575. The van der Waals surface area contributed by atoms with E-state index in [1.54, 1.807) is 0 Å². The standard InChI is InChI=1S/C34H46N4O4/c1-33(2,3)41-31(39)35-17-11-12-18-37(23-29-19-25-13-7-9-15-27(25)21-36-29)24-30-20-26-14-8-10-16-28(26)22-38(30)32(40)42-34(4,5)6/h7-10,13-16,19,21,30H,11-12,17-18,20,22-24H2,1-6H3,(H,35,39). The van der Waals surface area contributed by atoms with Gasteiger partial charge in [0.2, 0.25) is 0 Å². The molecule has 1 aliphatic heterocycles. The van der Waals surface area contributed by atoms with E-state index in [2.05, 4.69) is 46.6 Å². The monoisotopic (exact) mass is 574 g/mol. The highest BCUT2D eigenvalue weighted by Crippen LogP contribution is 2.26. The number of pyridine rings is 1. The van der Waals surface area contributed by atoms with Gasteiger partial charge < -0.3 is 14.8 Å². The molecule has 0 spiro atoms. The molecule has 0 fully saturated rings. The number of alkyl carbamates (subject to hydrolysis) is 1. The van der Waals surface area contributed by atoms with E-state index in [1.165, 1.54) is 5.56 Å². The van der Waals surface area contributed by atoms with E-state index in [9.17, 15) is 9.59 Å². The van der Waals surface area contributed by atoms with Crippen LogP contribution in [0.15, 0.2) is 60.8 Å². The Kier molecular flexibility index (Phi) is 10.1. The molecule has 0 radical (unpaired) electrons. The minimum absolute atomic E-state index is 0.0462. The molecule has 0 aliphatic carbocycles. The Morgan fingerprint density at radius 1 is 0.929 bits per heavy atom. The Labute approximate surface area is 250 Å². The van der Waals surface area contributed by atoms with Crippen LogP contribution in [0.25, 0.3) is 10.8 Å².